The molecule has 0 unspecified atom stereocenters. The largest absolute Gasteiger partial charge is 0.550 e. The zero-order chi connectivity index (χ0) is 12.4. The van der Waals surface area contributed by atoms with Crippen molar-refractivity contribution in [2.75, 3.05) is 6.54 Å². The van der Waals surface area contributed by atoms with E-state index in [-0.39, 0.29) is 31.2 Å². The Hall–Kier alpha value is -2.17. The number of rotatable bonds is 4. The van der Waals surface area contributed by atoms with Crippen molar-refractivity contribution in [1.29, 1.82) is 0 Å². The summed E-state index contributed by atoms with van der Waals surface area (Å²) in [6.45, 7) is 0.111. The molecule has 0 aromatic heterocycles. The molecule has 0 spiro atoms. The Labute approximate surface area is 97.7 Å². The van der Waals surface area contributed by atoms with Crippen LogP contribution in [0.15, 0.2) is 24.3 Å². The Kier molecular flexibility index (Phi) is 2.91. The molecule has 1 heterocycles. The minimum absolute atomic E-state index is 0.111. The summed E-state index contributed by atoms with van der Waals surface area (Å²) in [6, 6.07) is 6.56. The molecule has 88 valence electrons. The van der Waals surface area contributed by atoms with E-state index in [1.807, 2.05) is 0 Å². The first-order chi connectivity index (χ1) is 8.11. The second-order valence-electron chi connectivity index (χ2n) is 3.78. The molecule has 5 nitrogen and oxygen atoms in total. The highest BCUT2D eigenvalue weighted by Gasteiger charge is 2.34. The highest BCUT2D eigenvalue weighted by atomic mass is 16.4. The molecule has 1 aliphatic rings. The number of hydrogen-bond acceptors (Lipinski definition) is 4. The Morgan fingerprint density at radius 1 is 1.12 bits per heavy atom. The summed E-state index contributed by atoms with van der Waals surface area (Å²) in [7, 11) is 0. The number of fused-ring (bicyclic) bond motifs is 1. The molecule has 0 aliphatic carbocycles. The van der Waals surface area contributed by atoms with E-state index in [2.05, 4.69) is 0 Å². The van der Waals surface area contributed by atoms with Crippen molar-refractivity contribution >= 4 is 17.8 Å². The van der Waals surface area contributed by atoms with Gasteiger partial charge >= 0.3 is 0 Å². The van der Waals surface area contributed by atoms with Gasteiger partial charge in [0.15, 0.2) is 0 Å². The van der Waals surface area contributed by atoms with Gasteiger partial charge in [-0.1, -0.05) is 12.1 Å². The molecule has 0 bridgehead atoms. The maximum Gasteiger partial charge on any atom is 0.261 e. The zero-order valence-electron chi connectivity index (χ0n) is 9.01. The fourth-order valence-corrected chi connectivity index (χ4v) is 1.82. The molecule has 2 amide bonds. The first kappa shape index (κ1) is 11.3. The van der Waals surface area contributed by atoms with Crippen LogP contribution in [0.2, 0.25) is 0 Å². The third-order valence-corrected chi connectivity index (χ3v) is 2.64. The topological polar surface area (TPSA) is 77.5 Å². The minimum atomic E-state index is -1.18. The minimum Gasteiger partial charge on any atom is -0.550 e. The van der Waals surface area contributed by atoms with Crippen molar-refractivity contribution < 1.29 is 19.5 Å². The lowest BCUT2D eigenvalue weighted by Crippen LogP contribution is -2.32. The predicted molar refractivity (Wildman–Crippen MR) is 56.1 cm³/mol. The van der Waals surface area contributed by atoms with Gasteiger partial charge in [0.1, 0.15) is 0 Å². The van der Waals surface area contributed by atoms with E-state index < -0.39 is 5.97 Å². The van der Waals surface area contributed by atoms with E-state index >= 15 is 0 Å². The summed E-state index contributed by atoms with van der Waals surface area (Å²) in [6.07, 6.45) is 0.0568. The summed E-state index contributed by atoms with van der Waals surface area (Å²) >= 11 is 0. The predicted octanol–water partition coefficient (Wildman–Crippen LogP) is -0.187. The van der Waals surface area contributed by atoms with E-state index in [9.17, 15) is 19.5 Å². The van der Waals surface area contributed by atoms with Crippen LogP contribution < -0.4 is 5.11 Å². The molecule has 0 radical (unpaired) electrons. The van der Waals surface area contributed by atoms with Crippen molar-refractivity contribution in [1.82, 2.24) is 4.90 Å². The summed E-state index contributed by atoms with van der Waals surface area (Å²) in [4.78, 5) is 35.0. The highest BCUT2D eigenvalue weighted by Crippen LogP contribution is 2.22. The van der Waals surface area contributed by atoms with E-state index in [0.29, 0.717) is 11.1 Å². The first-order valence-corrected chi connectivity index (χ1v) is 5.26. The number of carboxylic acid groups (broad SMARTS) is 1. The molecule has 0 N–H and O–H groups in total. The SMILES string of the molecule is O=C([O-])CCCN1C(=O)c2ccccc2C1=O. The van der Waals surface area contributed by atoms with Gasteiger partial charge in [-0.15, -0.1) is 0 Å². The molecule has 17 heavy (non-hydrogen) atoms. The van der Waals surface area contributed by atoms with Crippen molar-refractivity contribution in [3.63, 3.8) is 0 Å². The average molecular weight is 232 g/mol. The van der Waals surface area contributed by atoms with Gasteiger partial charge in [-0.2, -0.15) is 0 Å². The molecular formula is C12H10NO4-. The number of carbonyl (C=O) groups excluding carboxylic acids is 3. The maximum atomic E-state index is 11.8. The Morgan fingerprint density at radius 2 is 1.65 bits per heavy atom. The molecular weight excluding hydrogens is 222 g/mol. The number of carboxylic acids is 1. The van der Waals surface area contributed by atoms with E-state index in [1.165, 1.54) is 0 Å². The summed E-state index contributed by atoms with van der Waals surface area (Å²) in [5, 5.41) is 10.3. The lowest BCUT2D eigenvalue weighted by molar-refractivity contribution is -0.305. The van der Waals surface area contributed by atoms with Crippen LogP contribution in [0.4, 0.5) is 0 Å². The number of amides is 2. The normalized spacial score (nSPS) is 14.0. The van der Waals surface area contributed by atoms with Crippen LogP contribution in [0.5, 0.6) is 0 Å². The van der Waals surface area contributed by atoms with Gasteiger partial charge < -0.3 is 9.90 Å². The second-order valence-corrected chi connectivity index (χ2v) is 3.78. The number of aliphatic carboxylic acids is 1. The summed E-state index contributed by atoms with van der Waals surface area (Å²) in [5.74, 6) is -1.89. The standard InChI is InChI=1S/C12H11NO4/c14-10(15)6-3-7-13-11(16)8-4-1-2-5-9(8)12(13)17/h1-2,4-5H,3,6-7H2,(H,14,15)/p-1. The smallest absolute Gasteiger partial charge is 0.261 e. The Bertz CT molecular complexity index is 460. The average Bonchev–Trinajstić information content (AvgIpc) is 2.54. The third-order valence-electron chi connectivity index (χ3n) is 2.64. The summed E-state index contributed by atoms with van der Waals surface area (Å²) < 4.78 is 0. The van der Waals surface area contributed by atoms with Gasteiger partial charge in [0.25, 0.3) is 11.8 Å². The molecule has 0 saturated carbocycles. The summed E-state index contributed by atoms with van der Waals surface area (Å²) in [5.41, 5.74) is 0.761. The number of hydrogen-bond donors (Lipinski definition) is 0. The molecule has 1 aliphatic heterocycles. The van der Waals surface area contributed by atoms with Gasteiger partial charge in [0.05, 0.1) is 11.1 Å². The molecule has 0 saturated heterocycles. The van der Waals surface area contributed by atoms with Gasteiger partial charge in [0, 0.05) is 12.5 Å². The van der Waals surface area contributed by atoms with Crippen molar-refractivity contribution in [3.8, 4) is 0 Å². The number of carbonyl (C=O) groups is 3. The van der Waals surface area contributed by atoms with Gasteiger partial charge in [0.2, 0.25) is 0 Å². The van der Waals surface area contributed by atoms with Crippen LogP contribution in [-0.2, 0) is 4.79 Å². The van der Waals surface area contributed by atoms with Crippen LogP contribution in [0.1, 0.15) is 33.6 Å². The third kappa shape index (κ3) is 2.04. The van der Waals surface area contributed by atoms with Crippen LogP contribution >= 0.6 is 0 Å². The second kappa shape index (κ2) is 4.37. The van der Waals surface area contributed by atoms with Crippen LogP contribution in [0.25, 0.3) is 0 Å². The lowest BCUT2D eigenvalue weighted by atomic mass is 10.1. The maximum absolute atomic E-state index is 11.8. The van der Waals surface area contributed by atoms with Crippen molar-refractivity contribution in [2.24, 2.45) is 0 Å². The molecule has 0 atom stereocenters. The Morgan fingerprint density at radius 3 is 2.12 bits per heavy atom. The lowest BCUT2D eigenvalue weighted by Gasteiger charge is -2.13. The molecule has 1 aromatic carbocycles. The molecule has 5 heteroatoms. The Balaban J connectivity index is 2.11. The molecule has 2 rings (SSSR count). The van der Waals surface area contributed by atoms with E-state index in [0.717, 1.165) is 4.90 Å². The van der Waals surface area contributed by atoms with Gasteiger partial charge in [-0.25, -0.2) is 0 Å². The highest BCUT2D eigenvalue weighted by molar-refractivity contribution is 6.21. The van der Waals surface area contributed by atoms with Gasteiger partial charge in [-0.3, -0.25) is 14.5 Å². The quantitative estimate of drug-likeness (QED) is 0.674. The monoisotopic (exact) mass is 232 g/mol. The van der Waals surface area contributed by atoms with E-state index in [4.69, 9.17) is 0 Å². The number of benzene rings is 1. The zero-order valence-corrected chi connectivity index (χ0v) is 9.01. The number of imide groups is 1. The van der Waals surface area contributed by atoms with Gasteiger partial charge in [-0.05, 0) is 25.0 Å². The molecule has 0 fully saturated rings. The van der Waals surface area contributed by atoms with Crippen molar-refractivity contribution in [2.45, 2.75) is 12.8 Å². The van der Waals surface area contributed by atoms with Crippen LogP contribution in [0.3, 0.4) is 0 Å². The first-order valence-electron chi connectivity index (χ1n) is 5.26. The van der Waals surface area contributed by atoms with Crippen molar-refractivity contribution in [3.05, 3.63) is 35.4 Å². The fraction of sp³-hybridized carbons (Fsp3) is 0.250. The molecule has 1 aromatic rings. The van der Waals surface area contributed by atoms with E-state index in [1.54, 1.807) is 24.3 Å². The fourth-order valence-electron chi connectivity index (χ4n) is 1.82. The number of nitrogens with zero attached hydrogens (tertiary/aromatic N) is 1. The van der Waals surface area contributed by atoms with Crippen LogP contribution in [-0.4, -0.2) is 29.2 Å². The van der Waals surface area contributed by atoms with Crippen LogP contribution in [0, 0.1) is 0 Å².